The maximum Gasteiger partial charge on any atom is 0.508 e. The smallest absolute Gasteiger partial charge is 0.373 e. The summed E-state index contributed by atoms with van der Waals surface area (Å²) in [5.41, 5.74) is 2.65. The quantitative estimate of drug-likeness (QED) is 0.173. The van der Waals surface area contributed by atoms with E-state index in [1.165, 1.54) is 11.1 Å². The van der Waals surface area contributed by atoms with Crippen LogP contribution in [0.15, 0.2) is 24.3 Å². The molecule has 0 heterocycles. The van der Waals surface area contributed by atoms with E-state index in [1.54, 1.807) is 0 Å². The number of rotatable bonds is 15. The molecule has 0 N–H and O–H groups in total. The topological polar surface area (TPSA) is 27.7 Å². The molecule has 0 amide bonds. The van der Waals surface area contributed by atoms with E-state index in [4.69, 9.17) is 13.3 Å². The third-order valence-electron chi connectivity index (χ3n) is 4.57. The van der Waals surface area contributed by atoms with Crippen LogP contribution >= 0.6 is 15.9 Å². The average Bonchev–Trinajstić information content (AvgIpc) is 2.67. The molecule has 0 aliphatic carbocycles. The number of halogens is 1. The Kier molecular flexibility index (Phi) is 12.7. The Bertz CT molecular complexity index is 440. The van der Waals surface area contributed by atoms with Crippen LogP contribution in [0, 0.1) is 0 Å². The van der Waals surface area contributed by atoms with Gasteiger partial charge in [-0.25, -0.2) is 0 Å². The van der Waals surface area contributed by atoms with Crippen molar-refractivity contribution in [1.29, 1.82) is 0 Å². The SMILES string of the molecule is CCCCO[Si](OCCCC)(OCCCC)C(C)c1ccc(CBr)cc1. The minimum atomic E-state index is -2.79. The van der Waals surface area contributed by atoms with Gasteiger partial charge in [0.05, 0.1) is 5.54 Å². The first-order valence-corrected chi connectivity index (χ1v) is 13.1. The van der Waals surface area contributed by atoms with Crippen molar-refractivity contribution in [3.8, 4) is 0 Å². The molecule has 0 saturated heterocycles. The van der Waals surface area contributed by atoms with Crippen LogP contribution in [0.4, 0.5) is 0 Å². The summed E-state index contributed by atoms with van der Waals surface area (Å²) in [4.78, 5) is 0. The molecule has 0 saturated carbocycles. The molecule has 0 aromatic heterocycles. The molecule has 0 radical (unpaired) electrons. The van der Waals surface area contributed by atoms with Crippen molar-refractivity contribution in [2.45, 2.75) is 77.1 Å². The minimum absolute atomic E-state index is 0.137. The maximum absolute atomic E-state index is 6.42. The number of hydrogen-bond donors (Lipinski definition) is 0. The van der Waals surface area contributed by atoms with Crippen molar-refractivity contribution in [2.75, 3.05) is 19.8 Å². The first-order valence-electron chi connectivity index (χ1n) is 10.2. The average molecular weight is 446 g/mol. The molecule has 1 rings (SSSR count). The molecule has 0 fully saturated rings. The van der Waals surface area contributed by atoms with Crippen LogP contribution in [0.2, 0.25) is 0 Å². The third-order valence-corrected chi connectivity index (χ3v) is 8.43. The van der Waals surface area contributed by atoms with Gasteiger partial charge in [-0.3, -0.25) is 0 Å². The highest BCUT2D eigenvalue weighted by Gasteiger charge is 2.48. The molecule has 3 nitrogen and oxygen atoms in total. The van der Waals surface area contributed by atoms with E-state index >= 15 is 0 Å². The predicted molar refractivity (Wildman–Crippen MR) is 116 cm³/mol. The molecule has 0 spiro atoms. The highest BCUT2D eigenvalue weighted by atomic mass is 79.9. The second-order valence-electron chi connectivity index (χ2n) is 6.81. The zero-order valence-electron chi connectivity index (χ0n) is 17.1. The normalized spacial score (nSPS) is 13.1. The first kappa shape index (κ1) is 23.8. The molecule has 1 aromatic carbocycles. The van der Waals surface area contributed by atoms with E-state index < -0.39 is 8.80 Å². The lowest BCUT2D eigenvalue weighted by atomic mass is 10.1. The van der Waals surface area contributed by atoms with Gasteiger partial charge in [-0.05, 0) is 30.4 Å². The first-order chi connectivity index (χ1) is 12.6. The molecule has 1 unspecified atom stereocenters. The Hall–Kier alpha value is -0.203. The fraction of sp³-hybridized carbons (Fsp3) is 0.714. The lowest BCUT2D eigenvalue weighted by Crippen LogP contribution is -2.51. The van der Waals surface area contributed by atoms with Gasteiger partial charge in [-0.2, -0.15) is 0 Å². The molecule has 0 aliphatic heterocycles. The highest BCUT2D eigenvalue weighted by molar-refractivity contribution is 9.08. The zero-order chi connectivity index (χ0) is 19.3. The van der Waals surface area contributed by atoms with Crippen molar-refractivity contribution < 1.29 is 13.3 Å². The molecular formula is C21H37BrO3Si. The van der Waals surface area contributed by atoms with Gasteiger partial charge in [0, 0.05) is 25.2 Å². The van der Waals surface area contributed by atoms with Gasteiger partial charge in [0.1, 0.15) is 0 Å². The zero-order valence-corrected chi connectivity index (χ0v) is 19.6. The number of unbranched alkanes of at least 4 members (excludes halogenated alkanes) is 3. The van der Waals surface area contributed by atoms with E-state index in [9.17, 15) is 0 Å². The lowest BCUT2D eigenvalue weighted by molar-refractivity contribution is 0.0488. The molecule has 1 atom stereocenters. The van der Waals surface area contributed by atoms with Gasteiger partial charge in [-0.1, -0.05) is 87.2 Å². The summed E-state index contributed by atoms with van der Waals surface area (Å²) in [5, 5.41) is 0.872. The Labute approximate surface area is 170 Å². The van der Waals surface area contributed by atoms with Gasteiger partial charge in [0.25, 0.3) is 0 Å². The number of alkyl halides is 1. The fourth-order valence-electron chi connectivity index (χ4n) is 2.68. The summed E-state index contributed by atoms with van der Waals surface area (Å²) in [6.07, 6.45) is 6.46. The van der Waals surface area contributed by atoms with Gasteiger partial charge in [0.15, 0.2) is 0 Å². The monoisotopic (exact) mass is 444 g/mol. The lowest BCUT2D eigenvalue weighted by Gasteiger charge is -2.35. The van der Waals surface area contributed by atoms with Gasteiger partial charge in [0.2, 0.25) is 0 Å². The second kappa shape index (κ2) is 13.9. The highest BCUT2D eigenvalue weighted by Crippen LogP contribution is 2.31. The van der Waals surface area contributed by atoms with Crippen LogP contribution in [0.1, 0.15) is 82.9 Å². The summed E-state index contributed by atoms with van der Waals surface area (Å²) in [6.45, 7) is 10.9. The van der Waals surface area contributed by atoms with Crippen molar-refractivity contribution in [2.24, 2.45) is 0 Å². The van der Waals surface area contributed by atoms with Crippen molar-refractivity contribution >= 4 is 24.7 Å². The van der Waals surface area contributed by atoms with E-state index in [-0.39, 0.29) is 5.54 Å². The van der Waals surface area contributed by atoms with E-state index in [1.807, 2.05) is 0 Å². The van der Waals surface area contributed by atoms with Crippen molar-refractivity contribution in [1.82, 2.24) is 0 Å². The van der Waals surface area contributed by atoms with Crippen LogP contribution in [-0.2, 0) is 18.6 Å². The Morgan fingerprint density at radius 3 is 1.58 bits per heavy atom. The molecule has 150 valence electrons. The van der Waals surface area contributed by atoms with Gasteiger partial charge >= 0.3 is 8.80 Å². The van der Waals surface area contributed by atoms with Crippen LogP contribution in [0.3, 0.4) is 0 Å². The standard InChI is InChI=1S/C21H37BrO3Si/c1-5-8-15-23-26(24-16-9-6-2,25-17-10-7-3)19(4)21-13-11-20(18-22)12-14-21/h11-14,19H,5-10,15-18H2,1-4H3. The van der Waals surface area contributed by atoms with Gasteiger partial charge in [-0.15, -0.1) is 0 Å². The summed E-state index contributed by atoms with van der Waals surface area (Å²) in [7, 11) is -2.79. The Balaban J connectivity index is 3.03. The fourth-order valence-corrected chi connectivity index (χ4v) is 5.94. The summed E-state index contributed by atoms with van der Waals surface area (Å²) in [6, 6.07) is 8.73. The van der Waals surface area contributed by atoms with Crippen molar-refractivity contribution in [3.05, 3.63) is 35.4 Å². The molecule has 1 aromatic rings. The molecule has 5 heteroatoms. The summed E-state index contributed by atoms with van der Waals surface area (Å²) < 4.78 is 19.3. The number of benzene rings is 1. The summed E-state index contributed by atoms with van der Waals surface area (Å²) in [5.74, 6) is 0. The maximum atomic E-state index is 6.42. The van der Waals surface area contributed by atoms with Crippen LogP contribution in [-0.4, -0.2) is 28.6 Å². The number of hydrogen-bond acceptors (Lipinski definition) is 3. The summed E-state index contributed by atoms with van der Waals surface area (Å²) >= 11 is 3.52. The molecular weight excluding hydrogens is 408 g/mol. The third kappa shape index (κ3) is 7.81. The molecule has 0 aliphatic rings. The van der Waals surface area contributed by atoms with E-state index in [0.717, 1.165) is 43.9 Å². The van der Waals surface area contributed by atoms with Crippen LogP contribution < -0.4 is 0 Å². The van der Waals surface area contributed by atoms with Gasteiger partial charge < -0.3 is 13.3 Å². The van der Waals surface area contributed by atoms with Crippen LogP contribution in [0.5, 0.6) is 0 Å². The Morgan fingerprint density at radius 2 is 1.23 bits per heavy atom. The molecule has 26 heavy (non-hydrogen) atoms. The largest absolute Gasteiger partial charge is 0.508 e. The Morgan fingerprint density at radius 1 is 0.808 bits per heavy atom. The van der Waals surface area contributed by atoms with Crippen LogP contribution in [0.25, 0.3) is 0 Å². The molecule has 0 bridgehead atoms. The second-order valence-corrected chi connectivity index (χ2v) is 10.3. The van der Waals surface area contributed by atoms with E-state index in [0.29, 0.717) is 19.8 Å². The minimum Gasteiger partial charge on any atom is -0.373 e. The predicted octanol–water partition coefficient (Wildman–Crippen LogP) is 6.61. The van der Waals surface area contributed by atoms with E-state index in [2.05, 4.69) is 67.9 Å². The van der Waals surface area contributed by atoms with Crippen molar-refractivity contribution in [3.63, 3.8) is 0 Å².